The third kappa shape index (κ3) is 4.26. The molecule has 1 aromatic carbocycles. The minimum Gasteiger partial charge on any atom is -0.483 e. The second-order valence-electron chi connectivity index (χ2n) is 4.88. The zero-order chi connectivity index (χ0) is 15.2. The van der Waals surface area contributed by atoms with Crippen LogP contribution in [0.3, 0.4) is 0 Å². The van der Waals surface area contributed by atoms with E-state index in [9.17, 15) is 8.78 Å². The smallest absolute Gasteiger partial charge is 0.191 e. The Balaban J connectivity index is 2.02. The lowest BCUT2D eigenvalue weighted by Gasteiger charge is -2.10. The van der Waals surface area contributed by atoms with Crippen LogP contribution >= 0.6 is 0 Å². The van der Waals surface area contributed by atoms with E-state index in [2.05, 4.69) is 10.4 Å². The van der Waals surface area contributed by atoms with Crippen LogP contribution in [0.5, 0.6) is 5.75 Å². The molecule has 4 nitrogen and oxygen atoms in total. The molecular weight excluding hydrogens is 276 g/mol. The standard InChI is InChI=1S/C15H19F2N3O/c1-3-4-18-7-11-5-13(16)15(14(17)6-11)21-10-12-8-19-20(2)9-12/h5-6,8-9,18H,3-4,7,10H2,1-2H3. The molecule has 0 saturated heterocycles. The summed E-state index contributed by atoms with van der Waals surface area (Å²) >= 11 is 0. The molecule has 0 aliphatic carbocycles. The van der Waals surface area contributed by atoms with Crippen LogP contribution in [-0.2, 0) is 20.2 Å². The average molecular weight is 295 g/mol. The molecule has 0 radical (unpaired) electrons. The van der Waals surface area contributed by atoms with Crippen molar-refractivity contribution in [3.63, 3.8) is 0 Å². The molecule has 1 aromatic heterocycles. The van der Waals surface area contributed by atoms with E-state index in [-0.39, 0.29) is 12.4 Å². The van der Waals surface area contributed by atoms with Gasteiger partial charge in [-0.3, -0.25) is 4.68 Å². The lowest BCUT2D eigenvalue weighted by molar-refractivity contribution is 0.273. The Morgan fingerprint density at radius 1 is 1.24 bits per heavy atom. The summed E-state index contributed by atoms with van der Waals surface area (Å²) in [5.41, 5.74) is 1.32. The Morgan fingerprint density at radius 3 is 2.52 bits per heavy atom. The molecule has 6 heteroatoms. The number of nitrogens with one attached hydrogen (secondary N) is 1. The summed E-state index contributed by atoms with van der Waals surface area (Å²) in [4.78, 5) is 0. The van der Waals surface area contributed by atoms with Crippen molar-refractivity contribution in [3.05, 3.63) is 47.3 Å². The third-order valence-electron chi connectivity index (χ3n) is 2.96. The van der Waals surface area contributed by atoms with Gasteiger partial charge in [-0.15, -0.1) is 0 Å². The minimum absolute atomic E-state index is 0.0785. The van der Waals surface area contributed by atoms with Crippen molar-refractivity contribution in [3.8, 4) is 5.75 Å². The van der Waals surface area contributed by atoms with Gasteiger partial charge in [-0.25, -0.2) is 8.78 Å². The summed E-state index contributed by atoms with van der Waals surface area (Å²) in [5, 5.41) is 7.07. The summed E-state index contributed by atoms with van der Waals surface area (Å²) in [5.74, 6) is -1.72. The van der Waals surface area contributed by atoms with E-state index in [1.807, 2.05) is 6.92 Å². The molecule has 0 unspecified atom stereocenters. The van der Waals surface area contributed by atoms with E-state index in [1.165, 1.54) is 12.1 Å². The molecule has 1 heterocycles. The first-order valence-electron chi connectivity index (χ1n) is 6.89. The van der Waals surface area contributed by atoms with E-state index in [1.54, 1.807) is 24.1 Å². The largest absolute Gasteiger partial charge is 0.483 e. The number of halogens is 2. The molecule has 114 valence electrons. The maximum atomic E-state index is 13.9. The molecule has 0 saturated carbocycles. The maximum Gasteiger partial charge on any atom is 0.191 e. The van der Waals surface area contributed by atoms with E-state index in [0.717, 1.165) is 18.5 Å². The Bertz CT molecular complexity index is 575. The first-order chi connectivity index (χ1) is 10.1. The first kappa shape index (κ1) is 15.4. The van der Waals surface area contributed by atoms with Crippen molar-refractivity contribution >= 4 is 0 Å². The lowest BCUT2D eigenvalue weighted by atomic mass is 10.2. The summed E-state index contributed by atoms with van der Waals surface area (Å²) in [6.07, 6.45) is 4.30. The quantitative estimate of drug-likeness (QED) is 0.798. The van der Waals surface area contributed by atoms with Gasteiger partial charge in [0.05, 0.1) is 6.20 Å². The highest BCUT2D eigenvalue weighted by Crippen LogP contribution is 2.24. The summed E-state index contributed by atoms with van der Waals surface area (Å²) < 4.78 is 34.7. The van der Waals surface area contributed by atoms with Gasteiger partial charge in [-0.05, 0) is 30.7 Å². The van der Waals surface area contributed by atoms with Crippen molar-refractivity contribution in [2.45, 2.75) is 26.5 Å². The van der Waals surface area contributed by atoms with Crippen LogP contribution in [0, 0.1) is 11.6 Å². The number of benzene rings is 1. The van der Waals surface area contributed by atoms with Crippen molar-refractivity contribution in [1.29, 1.82) is 0 Å². The second-order valence-corrected chi connectivity index (χ2v) is 4.88. The van der Waals surface area contributed by atoms with Crippen molar-refractivity contribution in [2.75, 3.05) is 6.54 Å². The van der Waals surface area contributed by atoms with Gasteiger partial charge in [0.15, 0.2) is 17.4 Å². The van der Waals surface area contributed by atoms with Crippen LogP contribution in [0.15, 0.2) is 24.5 Å². The predicted octanol–water partition coefficient (Wildman–Crippen LogP) is 2.78. The van der Waals surface area contributed by atoms with Gasteiger partial charge in [-0.2, -0.15) is 5.10 Å². The summed E-state index contributed by atoms with van der Waals surface area (Å²) in [7, 11) is 1.77. The predicted molar refractivity (Wildman–Crippen MR) is 75.9 cm³/mol. The van der Waals surface area contributed by atoms with Gasteiger partial charge >= 0.3 is 0 Å². The van der Waals surface area contributed by atoms with E-state index >= 15 is 0 Å². The molecule has 0 aliphatic rings. The zero-order valence-electron chi connectivity index (χ0n) is 12.2. The van der Waals surface area contributed by atoms with Crippen LogP contribution < -0.4 is 10.1 Å². The van der Waals surface area contributed by atoms with Crippen LogP contribution in [0.25, 0.3) is 0 Å². The highest BCUT2D eigenvalue weighted by Gasteiger charge is 2.13. The van der Waals surface area contributed by atoms with E-state index in [0.29, 0.717) is 12.1 Å². The van der Waals surface area contributed by atoms with Crippen LogP contribution in [0.4, 0.5) is 8.78 Å². The molecule has 0 spiro atoms. The molecule has 0 fully saturated rings. The van der Waals surface area contributed by atoms with Gasteiger partial charge in [-0.1, -0.05) is 6.92 Å². The van der Waals surface area contributed by atoms with Gasteiger partial charge in [0.25, 0.3) is 0 Å². The van der Waals surface area contributed by atoms with Crippen LogP contribution in [-0.4, -0.2) is 16.3 Å². The fourth-order valence-electron chi connectivity index (χ4n) is 1.96. The van der Waals surface area contributed by atoms with Crippen molar-refractivity contribution < 1.29 is 13.5 Å². The zero-order valence-corrected chi connectivity index (χ0v) is 12.2. The number of rotatable bonds is 7. The molecular formula is C15H19F2N3O. The number of aryl methyl sites for hydroxylation is 1. The molecule has 21 heavy (non-hydrogen) atoms. The second kappa shape index (κ2) is 7.17. The van der Waals surface area contributed by atoms with Crippen LogP contribution in [0.1, 0.15) is 24.5 Å². The first-order valence-corrected chi connectivity index (χ1v) is 6.89. The fraction of sp³-hybridized carbons (Fsp3) is 0.400. The molecule has 0 amide bonds. The Kier molecular flexibility index (Phi) is 5.27. The normalized spacial score (nSPS) is 10.9. The number of hydrogen-bond donors (Lipinski definition) is 1. The van der Waals surface area contributed by atoms with E-state index < -0.39 is 11.6 Å². The van der Waals surface area contributed by atoms with Gasteiger partial charge in [0.2, 0.25) is 0 Å². The number of hydrogen-bond acceptors (Lipinski definition) is 3. The topological polar surface area (TPSA) is 39.1 Å². The van der Waals surface area contributed by atoms with Gasteiger partial charge in [0, 0.05) is 25.4 Å². The number of nitrogens with zero attached hydrogens (tertiary/aromatic N) is 2. The average Bonchev–Trinajstić information content (AvgIpc) is 2.84. The lowest BCUT2D eigenvalue weighted by Crippen LogP contribution is -2.14. The van der Waals surface area contributed by atoms with Crippen molar-refractivity contribution in [1.82, 2.24) is 15.1 Å². The molecule has 2 rings (SSSR count). The Labute approximate surface area is 122 Å². The van der Waals surface area contributed by atoms with E-state index in [4.69, 9.17) is 4.74 Å². The molecule has 0 atom stereocenters. The summed E-state index contributed by atoms with van der Waals surface area (Å²) in [6.45, 7) is 3.35. The third-order valence-corrected chi connectivity index (χ3v) is 2.96. The maximum absolute atomic E-state index is 13.9. The molecule has 2 aromatic rings. The number of aromatic nitrogens is 2. The fourth-order valence-corrected chi connectivity index (χ4v) is 1.96. The van der Waals surface area contributed by atoms with Crippen LogP contribution in [0.2, 0.25) is 0 Å². The van der Waals surface area contributed by atoms with Gasteiger partial charge < -0.3 is 10.1 Å². The summed E-state index contributed by atoms with van der Waals surface area (Å²) in [6, 6.07) is 2.59. The van der Waals surface area contributed by atoms with Gasteiger partial charge in [0.1, 0.15) is 6.61 Å². The molecule has 0 aliphatic heterocycles. The molecule has 1 N–H and O–H groups in total. The monoisotopic (exact) mass is 295 g/mol. The SMILES string of the molecule is CCCNCc1cc(F)c(OCc2cnn(C)c2)c(F)c1. The van der Waals surface area contributed by atoms with Crippen molar-refractivity contribution in [2.24, 2.45) is 7.05 Å². The molecule has 0 bridgehead atoms. The highest BCUT2D eigenvalue weighted by molar-refractivity contribution is 5.31. The Hall–Kier alpha value is -1.95. The Morgan fingerprint density at radius 2 is 1.95 bits per heavy atom. The number of ether oxygens (including phenoxy) is 1. The highest BCUT2D eigenvalue weighted by atomic mass is 19.1. The minimum atomic E-state index is -0.688.